The molecule has 3 atom stereocenters. The van der Waals surface area contributed by atoms with Gasteiger partial charge in [0.1, 0.15) is 5.75 Å². The van der Waals surface area contributed by atoms with Gasteiger partial charge in [-0.15, -0.1) is 0 Å². The molecule has 1 N–H and O–H groups in total. The van der Waals surface area contributed by atoms with Gasteiger partial charge in [0.25, 0.3) is 5.91 Å². The smallest absolute Gasteiger partial charge is 0.344 e. The standard InChI is InChI=1S/C18H24ClNO4/c1-12-4-3-5-16(13(12)2)20-17(21)10-24-18(22)11-23-15-8-6-14(19)7-9-15/h6-9,12-13,16H,3-5,10-11H2,1-2H3,(H,20,21)/t12-,13-,16+/m1/s1. The maximum Gasteiger partial charge on any atom is 0.344 e. The highest BCUT2D eigenvalue weighted by Gasteiger charge is 2.28. The molecule has 5 nitrogen and oxygen atoms in total. The molecule has 1 fully saturated rings. The summed E-state index contributed by atoms with van der Waals surface area (Å²) in [7, 11) is 0. The topological polar surface area (TPSA) is 64.6 Å². The number of halogens is 1. The molecule has 0 saturated heterocycles. The van der Waals surface area contributed by atoms with Gasteiger partial charge in [-0.25, -0.2) is 4.79 Å². The maximum atomic E-state index is 11.9. The van der Waals surface area contributed by atoms with Crippen LogP contribution in [-0.4, -0.2) is 31.1 Å². The van der Waals surface area contributed by atoms with Crippen LogP contribution in [0.15, 0.2) is 24.3 Å². The van der Waals surface area contributed by atoms with Crippen molar-refractivity contribution in [2.24, 2.45) is 11.8 Å². The molecule has 1 aromatic rings. The average molecular weight is 354 g/mol. The number of rotatable bonds is 6. The molecule has 0 aromatic heterocycles. The average Bonchev–Trinajstić information content (AvgIpc) is 2.56. The van der Waals surface area contributed by atoms with Crippen LogP contribution in [0.1, 0.15) is 33.1 Å². The molecule has 0 bridgehead atoms. The van der Waals surface area contributed by atoms with E-state index >= 15 is 0 Å². The van der Waals surface area contributed by atoms with Crippen LogP contribution < -0.4 is 10.1 Å². The van der Waals surface area contributed by atoms with Crippen molar-refractivity contribution < 1.29 is 19.1 Å². The third kappa shape index (κ3) is 5.71. The Balaban J connectivity index is 1.67. The lowest BCUT2D eigenvalue weighted by atomic mass is 9.78. The van der Waals surface area contributed by atoms with Crippen LogP contribution >= 0.6 is 11.6 Å². The molecule has 1 aromatic carbocycles. The zero-order valence-electron chi connectivity index (χ0n) is 14.1. The van der Waals surface area contributed by atoms with E-state index in [4.69, 9.17) is 21.1 Å². The fourth-order valence-electron chi connectivity index (χ4n) is 2.89. The first-order valence-electron chi connectivity index (χ1n) is 8.29. The highest BCUT2D eigenvalue weighted by molar-refractivity contribution is 6.30. The van der Waals surface area contributed by atoms with E-state index in [0.717, 1.165) is 12.8 Å². The Morgan fingerprint density at radius 3 is 2.58 bits per heavy atom. The fraction of sp³-hybridized carbons (Fsp3) is 0.556. The van der Waals surface area contributed by atoms with Crippen molar-refractivity contribution in [1.29, 1.82) is 0 Å². The number of hydrogen-bond donors (Lipinski definition) is 1. The van der Waals surface area contributed by atoms with Gasteiger partial charge in [-0.1, -0.05) is 38.3 Å². The normalized spacial score (nSPS) is 23.4. The number of ether oxygens (including phenoxy) is 2. The van der Waals surface area contributed by atoms with Gasteiger partial charge in [0, 0.05) is 11.1 Å². The summed E-state index contributed by atoms with van der Waals surface area (Å²) in [5, 5.41) is 3.55. The summed E-state index contributed by atoms with van der Waals surface area (Å²) in [5.74, 6) is 0.711. The van der Waals surface area contributed by atoms with Crippen LogP contribution in [0.4, 0.5) is 0 Å². The van der Waals surface area contributed by atoms with E-state index in [-0.39, 0.29) is 25.2 Å². The minimum absolute atomic E-state index is 0.158. The molecule has 0 radical (unpaired) electrons. The van der Waals surface area contributed by atoms with E-state index in [0.29, 0.717) is 22.6 Å². The second-order valence-corrected chi connectivity index (χ2v) is 6.78. The highest BCUT2D eigenvalue weighted by Crippen LogP contribution is 2.29. The molecule has 0 aliphatic heterocycles. The number of amides is 1. The molecule has 0 heterocycles. The second kappa shape index (κ2) is 8.92. The fourth-order valence-corrected chi connectivity index (χ4v) is 3.02. The third-order valence-corrected chi connectivity index (χ3v) is 4.84. The van der Waals surface area contributed by atoms with Crippen molar-refractivity contribution in [3.05, 3.63) is 29.3 Å². The largest absolute Gasteiger partial charge is 0.482 e. The van der Waals surface area contributed by atoms with Gasteiger partial charge in [-0.05, 0) is 42.5 Å². The molecule has 1 aliphatic rings. The van der Waals surface area contributed by atoms with E-state index in [1.54, 1.807) is 24.3 Å². The summed E-state index contributed by atoms with van der Waals surface area (Å²) >= 11 is 5.77. The number of carbonyl (C=O) groups excluding carboxylic acids is 2. The molecule has 1 amide bonds. The molecular formula is C18H24ClNO4. The van der Waals surface area contributed by atoms with Crippen molar-refractivity contribution >= 4 is 23.5 Å². The van der Waals surface area contributed by atoms with Crippen molar-refractivity contribution in [2.45, 2.75) is 39.2 Å². The van der Waals surface area contributed by atoms with Crippen LogP contribution in [0.25, 0.3) is 0 Å². The molecule has 1 saturated carbocycles. The van der Waals surface area contributed by atoms with Crippen LogP contribution in [-0.2, 0) is 14.3 Å². The SMILES string of the molecule is C[C@@H]1[C@H](C)CCC[C@@H]1NC(=O)COC(=O)COc1ccc(Cl)cc1. The van der Waals surface area contributed by atoms with Crippen molar-refractivity contribution in [3.8, 4) is 5.75 Å². The van der Waals surface area contributed by atoms with E-state index in [2.05, 4.69) is 19.2 Å². The van der Waals surface area contributed by atoms with Crippen molar-refractivity contribution in [2.75, 3.05) is 13.2 Å². The number of carbonyl (C=O) groups is 2. The Hall–Kier alpha value is -1.75. The zero-order chi connectivity index (χ0) is 17.5. The van der Waals surface area contributed by atoms with Gasteiger partial charge in [-0.3, -0.25) is 4.79 Å². The van der Waals surface area contributed by atoms with Crippen molar-refractivity contribution in [3.63, 3.8) is 0 Å². The lowest BCUT2D eigenvalue weighted by Gasteiger charge is -2.34. The first-order valence-corrected chi connectivity index (χ1v) is 8.67. The molecule has 1 aliphatic carbocycles. The molecule has 0 unspecified atom stereocenters. The van der Waals surface area contributed by atoms with Gasteiger partial charge in [0.05, 0.1) is 0 Å². The van der Waals surface area contributed by atoms with Crippen molar-refractivity contribution in [1.82, 2.24) is 5.32 Å². The summed E-state index contributed by atoms with van der Waals surface area (Å²) in [6.45, 7) is 3.84. The Morgan fingerprint density at radius 2 is 1.88 bits per heavy atom. The molecular weight excluding hydrogens is 330 g/mol. The highest BCUT2D eigenvalue weighted by atomic mass is 35.5. The Labute approximate surface area is 147 Å². The number of benzene rings is 1. The van der Waals surface area contributed by atoms with E-state index < -0.39 is 5.97 Å². The molecule has 6 heteroatoms. The van der Waals surface area contributed by atoms with Gasteiger partial charge in [0.2, 0.25) is 0 Å². The summed E-state index contributed by atoms with van der Waals surface area (Å²) in [5.41, 5.74) is 0. The number of nitrogens with one attached hydrogen (secondary N) is 1. The molecule has 24 heavy (non-hydrogen) atoms. The Kier molecular flexibility index (Phi) is 6.91. The van der Waals surface area contributed by atoms with Crippen LogP contribution in [0.5, 0.6) is 5.75 Å². The van der Waals surface area contributed by atoms with Gasteiger partial charge < -0.3 is 14.8 Å². The third-order valence-electron chi connectivity index (χ3n) is 4.59. The Bertz CT molecular complexity index is 561. The van der Waals surface area contributed by atoms with Crippen LogP contribution in [0.2, 0.25) is 5.02 Å². The maximum absolute atomic E-state index is 11.9. The van der Waals surface area contributed by atoms with Gasteiger partial charge in [-0.2, -0.15) is 0 Å². The van der Waals surface area contributed by atoms with Gasteiger partial charge >= 0.3 is 5.97 Å². The first-order chi connectivity index (χ1) is 11.5. The minimum Gasteiger partial charge on any atom is -0.482 e. The second-order valence-electron chi connectivity index (χ2n) is 6.34. The minimum atomic E-state index is -0.579. The van der Waals surface area contributed by atoms with Gasteiger partial charge in [0.15, 0.2) is 13.2 Å². The summed E-state index contributed by atoms with van der Waals surface area (Å²) in [6, 6.07) is 6.82. The van der Waals surface area contributed by atoms with Crippen LogP contribution in [0, 0.1) is 11.8 Å². The summed E-state index contributed by atoms with van der Waals surface area (Å²) < 4.78 is 10.2. The first kappa shape index (κ1) is 18.6. The zero-order valence-corrected chi connectivity index (χ0v) is 14.8. The summed E-state index contributed by atoms with van der Waals surface area (Å²) in [4.78, 5) is 23.6. The summed E-state index contributed by atoms with van der Waals surface area (Å²) in [6.07, 6.45) is 3.29. The van der Waals surface area contributed by atoms with Crippen LogP contribution in [0.3, 0.4) is 0 Å². The quantitative estimate of drug-likeness (QED) is 0.797. The predicted molar refractivity (Wildman–Crippen MR) is 92.0 cm³/mol. The lowest BCUT2D eigenvalue weighted by molar-refractivity contribution is -0.150. The van der Waals surface area contributed by atoms with E-state index in [1.807, 2.05) is 0 Å². The monoisotopic (exact) mass is 353 g/mol. The molecule has 132 valence electrons. The lowest BCUT2D eigenvalue weighted by Crippen LogP contribution is -2.45. The molecule has 0 spiro atoms. The number of hydrogen-bond acceptors (Lipinski definition) is 4. The molecule has 2 rings (SSSR count). The predicted octanol–water partition coefficient (Wildman–Crippen LogP) is 3.20. The van der Waals surface area contributed by atoms with E-state index in [1.165, 1.54) is 6.42 Å². The Morgan fingerprint density at radius 1 is 1.17 bits per heavy atom. The van der Waals surface area contributed by atoms with E-state index in [9.17, 15) is 9.59 Å². The number of esters is 1.